The number of hydrogen-bond donors (Lipinski definition) is 1. The molecule has 2 rings (SSSR count). The standard InChI is InChI=1S/C13H13F3N2O2/c14-13(15,16)10-4-2-1-3-8(10)6-18-7-9(12(17)20)5-11(18)19/h1-4,9H,5-7H2,(H2,17,20)/t9-/m1/s1. The summed E-state index contributed by atoms with van der Waals surface area (Å²) in [4.78, 5) is 24.0. The van der Waals surface area contributed by atoms with Gasteiger partial charge in [-0.05, 0) is 11.6 Å². The summed E-state index contributed by atoms with van der Waals surface area (Å²) >= 11 is 0. The van der Waals surface area contributed by atoms with E-state index < -0.39 is 23.6 Å². The Hall–Kier alpha value is -2.05. The van der Waals surface area contributed by atoms with Crippen molar-refractivity contribution in [1.82, 2.24) is 4.90 Å². The Morgan fingerprint density at radius 2 is 2.00 bits per heavy atom. The maximum Gasteiger partial charge on any atom is 0.416 e. The van der Waals surface area contributed by atoms with Gasteiger partial charge < -0.3 is 10.6 Å². The number of nitrogens with zero attached hydrogens (tertiary/aromatic N) is 1. The van der Waals surface area contributed by atoms with Crippen LogP contribution in [-0.2, 0) is 22.3 Å². The van der Waals surface area contributed by atoms with Crippen molar-refractivity contribution >= 4 is 11.8 Å². The quantitative estimate of drug-likeness (QED) is 0.916. The number of hydrogen-bond acceptors (Lipinski definition) is 2. The second-order valence-corrected chi connectivity index (χ2v) is 4.73. The topological polar surface area (TPSA) is 63.4 Å². The Morgan fingerprint density at radius 1 is 1.35 bits per heavy atom. The minimum Gasteiger partial charge on any atom is -0.369 e. The van der Waals surface area contributed by atoms with E-state index in [2.05, 4.69) is 0 Å². The monoisotopic (exact) mass is 286 g/mol. The van der Waals surface area contributed by atoms with Crippen molar-refractivity contribution in [3.8, 4) is 0 Å². The molecule has 1 aromatic carbocycles. The Bertz CT molecular complexity index is 543. The number of halogens is 3. The summed E-state index contributed by atoms with van der Waals surface area (Å²) in [5.74, 6) is -1.59. The van der Waals surface area contributed by atoms with Crippen molar-refractivity contribution in [2.24, 2.45) is 11.7 Å². The first-order chi connectivity index (χ1) is 9.29. The first kappa shape index (κ1) is 14.4. The zero-order valence-corrected chi connectivity index (χ0v) is 10.5. The highest BCUT2D eigenvalue weighted by Gasteiger charge is 2.36. The van der Waals surface area contributed by atoms with Crippen LogP contribution in [0.3, 0.4) is 0 Å². The fourth-order valence-electron chi connectivity index (χ4n) is 2.26. The summed E-state index contributed by atoms with van der Waals surface area (Å²) in [6.07, 6.45) is -4.51. The molecule has 20 heavy (non-hydrogen) atoms. The van der Waals surface area contributed by atoms with Crippen molar-refractivity contribution in [3.63, 3.8) is 0 Å². The van der Waals surface area contributed by atoms with E-state index in [1.54, 1.807) is 0 Å². The van der Waals surface area contributed by atoms with Gasteiger partial charge >= 0.3 is 6.18 Å². The molecule has 0 aromatic heterocycles. The number of carbonyl (C=O) groups is 2. The van der Waals surface area contributed by atoms with E-state index in [9.17, 15) is 22.8 Å². The Kier molecular flexibility index (Phi) is 3.69. The van der Waals surface area contributed by atoms with Gasteiger partial charge in [0.2, 0.25) is 11.8 Å². The molecule has 4 nitrogen and oxygen atoms in total. The van der Waals surface area contributed by atoms with Gasteiger partial charge in [0.25, 0.3) is 0 Å². The van der Waals surface area contributed by atoms with Gasteiger partial charge in [-0.3, -0.25) is 9.59 Å². The molecule has 1 aromatic rings. The number of alkyl halides is 3. The zero-order valence-electron chi connectivity index (χ0n) is 10.5. The number of carbonyl (C=O) groups excluding carboxylic acids is 2. The lowest BCUT2D eigenvalue weighted by atomic mass is 10.1. The first-order valence-corrected chi connectivity index (χ1v) is 6.01. The average molecular weight is 286 g/mol. The van der Waals surface area contributed by atoms with E-state index in [1.807, 2.05) is 0 Å². The van der Waals surface area contributed by atoms with Crippen LogP contribution in [0.2, 0.25) is 0 Å². The van der Waals surface area contributed by atoms with Gasteiger partial charge in [0.1, 0.15) is 0 Å². The fraction of sp³-hybridized carbons (Fsp3) is 0.385. The highest BCUT2D eigenvalue weighted by molar-refractivity contribution is 5.88. The van der Waals surface area contributed by atoms with Crippen LogP contribution in [0.5, 0.6) is 0 Å². The van der Waals surface area contributed by atoms with E-state index in [-0.39, 0.29) is 31.0 Å². The number of primary amides is 1. The number of likely N-dealkylation sites (tertiary alicyclic amines) is 1. The predicted octanol–water partition coefficient (Wildman–Crippen LogP) is 1.54. The molecule has 1 atom stereocenters. The van der Waals surface area contributed by atoms with Gasteiger partial charge in [-0.1, -0.05) is 18.2 Å². The number of rotatable bonds is 3. The van der Waals surface area contributed by atoms with Crippen molar-refractivity contribution < 1.29 is 22.8 Å². The van der Waals surface area contributed by atoms with Crippen molar-refractivity contribution in [1.29, 1.82) is 0 Å². The number of amides is 2. The second kappa shape index (κ2) is 5.15. The highest BCUT2D eigenvalue weighted by atomic mass is 19.4. The molecule has 1 heterocycles. The summed E-state index contributed by atoms with van der Waals surface area (Å²) in [6, 6.07) is 5.08. The first-order valence-electron chi connectivity index (χ1n) is 6.01. The molecule has 0 bridgehead atoms. The summed E-state index contributed by atoms with van der Waals surface area (Å²) in [6.45, 7) is -0.0986. The lowest BCUT2D eigenvalue weighted by Gasteiger charge is -2.19. The molecular weight excluding hydrogens is 273 g/mol. The minimum atomic E-state index is -4.47. The molecule has 0 aliphatic carbocycles. The molecule has 1 saturated heterocycles. The van der Waals surface area contributed by atoms with E-state index in [4.69, 9.17) is 5.73 Å². The maximum atomic E-state index is 12.8. The predicted molar refractivity (Wildman–Crippen MR) is 64.2 cm³/mol. The average Bonchev–Trinajstić information content (AvgIpc) is 2.71. The van der Waals surface area contributed by atoms with E-state index >= 15 is 0 Å². The normalized spacial score (nSPS) is 19.4. The third-order valence-electron chi connectivity index (χ3n) is 3.30. The molecule has 1 aliphatic heterocycles. The SMILES string of the molecule is NC(=O)[C@@H]1CC(=O)N(Cc2ccccc2C(F)(F)F)C1. The number of benzene rings is 1. The van der Waals surface area contributed by atoms with E-state index in [0.717, 1.165) is 6.07 Å². The third-order valence-corrected chi connectivity index (χ3v) is 3.30. The summed E-state index contributed by atoms with van der Waals surface area (Å²) in [7, 11) is 0. The van der Waals surface area contributed by atoms with Crippen LogP contribution in [0.25, 0.3) is 0 Å². The van der Waals surface area contributed by atoms with Crippen LogP contribution < -0.4 is 5.73 Å². The minimum absolute atomic E-state index is 0.0125. The Labute approximate surface area is 113 Å². The molecule has 7 heteroatoms. The van der Waals surface area contributed by atoms with Crippen LogP contribution >= 0.6 is 0 Å². The van der Waals surface area contributed by atoms with Gasteiger partial charge in [0, 0.05) is 19.5 Å². The second-order valence-electron chi connectivity index (χ2n) is 4.73. The molecule has 0 radical (unpaired) electrons. The van der Waals surface area contributed by atoms with Crippen molar-refractivity contribution in [2.75, 3.05) is 6.54 Å². The lowest BCUT2D eigenvalue weighted by Crippen LogP contribution is -2.29. The Balaban J connectivity index is 2.19. The Morgan fingerprint density at radius 3 is 2.55 bits per heavy atom. The smallest absolute Gasteiger partial charge is 0.369 e. The van der Waals surface area contributed by atoms with Gasteiger partial charge in [-0.2, -0.15) is 13.2 Å². The van der Waals surface area contributed by atoms with Crippen LogP contribution in [0.1, 0.15) is 17.5 Å². The van der Waals surface area contributed by atoms with Crippen molar-refractivity contribution in [2.45, 2.75) is 19.1 Å². The molecule has 0 unspecified atom stereocenters. The van der Waals surface area contributed by atoms with Gasteiger partial charge in [0.15, 0.2) is 0 Å². The largest absolute Gasteiger partial charge is 0.416 e. The molecule has 0 saturated carbocycles. The molecule has 2 N–H and O–H groups in total. The van der Waals surface area contributed by atoms with Gasteiger partial charge in [-0.25, -0.2) is 0 Å². The van der Waals surface area contributed by atoms with Gasteiger partial charge in [0.05, 0.1) is 11.5 Å². The van der Waals surface area contributed by atoms with Crippen LogP contribution in [-0.4, -0.2) is 23.3 Å². The molecule has 1 fully saturated rings. The number of nitrogens with two attached hydrogens (primary N) is 1. The summed E-state index contributed by atoms with van der Waals surface area (Å²) in [5.41, 5.74) is 4.36. The molecule has 1 aliphatic rings. The summed E-state index contributed by atoms with van der Waals surface area (Å²) in [5, 5.41) is 0. The molecule has 0 spiro atoms. The van der Waals surface area contributed by atoms with Crippen molar-refractivity contribution in [3.05, 3.63) is 35.4 Å². The van der Waals surface area contributed by atoms with Crippen LogP contribution in [0, 0.1) is 5.92 Å². The molecule has 2 amide bonds. The van der Waals surface area contributed by atoms with Gasteiger partial charge in [-0.15, -0.1) is 0 Å². The third kappa shape index (κ3) is 2.92. The zero-order chi connectivity index (χ0) is 14.9. The highest BCUT2D eigenvalue weighted by Crippen LogP contribution is 2.33. The summed E-state index contributed by atoms with van der Waals surface area (Å²) < 4.78 is 38.5. The maximum absolute atomic E-state index is 12.8. The van der Waals surface area contributed by atoms with Crippen LogP contribution in [0.15, 0.2) is 24.3 Å². The fourth-order valence-corrected chi connectivity index (χ4v) is 2.26. The lowest BCUT2D eigenvalue weighted by molar-refractivity contribution is -0.139. The van der Waals surface area contributed by atoms with E-state index in [1.165, 1.54) is 23.1 Å². The van der Waals surface area contributed by atoms with E-state index in [0.29, 0.717) is 0 Å². The molecular formula is C13H13F3N2O2. The molecule has 108 valence electrons. The van der Waals surface area contributed by atoms with Crippen LogP contribution in [0.4, 0.5) is 13.2 Å².